The van der Waals surface area contributed by atoms with E-state index < -0.39 is 0 Å². The monoisotopic (exact) mass is 353 g/mol. The van der Waals surface area contributed by atoms with Gasteiger partial charge in [-0.2, -0.15) is 0 Å². The van der Waals surface area contributed by atoms with E-state index in [0.717, 1.165) is 9.63 Å². The van der Waals surface area contributed by atoms with Gasteiger partial charge in [0.1, 0.15) is 0 Å². The summed E-state index contributed by atoms with van der Waals surface area (Å²) < 4.78 is 3.01. The zero-order valence-electron chi connectivity index (χ0n) is 11.4. The molecular weight excluding hydrogens is 338 g/mol. The Kier molecular flexibility index (Phi) is 4.09. The van der Waals surface area contributed by atoms with Gasteiger partial charge in [0, 0.05) is 15.4 Å². The van der Waals surface area contributed by atoms with Gasteiger partial charge in [0.15, 0.2) is 0 Å². The highest BCUT2D eigenvalue weighted by atomic mass is 79.9. The number of tetrazole rings is 1. The first-order valence-corrected chi connectivity index (χ1v) is 8.22. The summed E-state index contributed by atoms with van der Waals surface area (Å²) in [6.07, 6.45) is 2.35. The minimum Gasteiger partial charge on any atom is -0.313 e. The lowest BCUT2D eigenvalue weighted by Gasteiger charge is -2.15. The number of hydrogen-bond donors (Lipinski definition) is 1. The number of aromatic nitrogens is 4. The Morgan fingerprint density at radius 3 is 2.95 bits per heavy atom. The predicted molar refractivity (Wildman–Crippen MR) is 81.8 cm³/mol. The molecule has 106 valence electrons. The van der Waals surface area contributed by atoms with E-state index in [1.165, 1.54) is 23.3 Å². The number of hydrogen-bond acceptors (Lipinski definition) is 5. The zero-order valence-corrected chi connectivity index (χ0v) is 13.8. The molecule has 1 fully saturated rings. The fourth-order valence-electron chi connectivity index (χ4n) is 2.01. The molecule has 7 heteroatoms. The Hall–Kier alpha value is -0.920. The molecule has 1 atom stereocenters. The van der Waals surface area contributed by atoms with E-state index in [-0.39, 0.29) is 6.04 Å². The third-order valence-electron chi connectivity index (χ3n) is 3.43. The normalized spacial score (nSPS) is 16.4. The smallest absolute Gasteiger partial charge is 0.214 e. The predicted octanol–water partition coefficient (Wildman–Crippen LogP) is 3.20. The van der Waals surface area contributed by atoms with Crippen molar-refractivity contribution in [2.45, 2.75) is 41.9 Å². The van der Waals surface area contributed by atoms with Crippen LogP contribution < -0.4 is 5.32 Å². The minimum atomic E-state index is 0.288. The largest absolute Gasteiger partial charge is 0.313 e. The highest BCUT2D eigenvalue weighted by molar-refractivity contribution is 9.10. The summed E-state index contributed by atoms with van der Waals surface area (Å²) in [5.41, 5.74) is 1.26. The number of nitrogens with one attached hydrogen (secondary N) is 1. The first-order valence-electron chi connectivity index (χ1n) is 6.61. The molecule has 0 bridgehead atoms. The van der Waals surface area contributed by atoms with Gasteiger partial charge >= 0.3 is 0 Å². The average molecular weight is 354 g/mol. The van der Waals surface area contributed by atoms with Gasteiger partial charge in [0.2, 0.25) is 5.16 Å². The summed E-state index contributed by atoms with van der Waals surface area (Å²) in [6.45, 7) is 2.15. The fraction of sp³-hybridized carbons (Fsp3) is 0.462. The maximum Gasteiger partial charge on any atom is 0.214 e. The first kappa shape index (κ1) is 14.0. The van der Waals surface area contributed by atoms with Crippen LogP contribution in [0, 0.1) is 0 Å². The molecule has 0 radical (unpaired) electrons. The van der Waals surface area contributed by atoms with Gasteiger partial charge in [0.05, 0.1) is 6.04 Å². The molecule has 5 nitrogen and oxygen atoms in total. The van der Waals surface area contributed by atoms with Gasteiger partial charge in [-0.15, -0.1) is 5.10 Å². The lowest BCUT2D eigenvalue weighted by atomic mass is 10.1. The Bertz CT molecular complexity index is 611. The van der Waals surface area contributed by atoms with Gasteiger partial charge in [-0.1, -0.05) is 22.0 Å². The van der Waals surface area contributed by atoms with Crippen LogP contribution in [0.5, 0.6) is 0 Å². The van der Waals surface area contributed by atoms with E-state index in [0.29, 0.717) is 6.04 Å². The quantitative estimate of drug-likeness (QED) is 0.894. The van der Waals surface area contributed by atoms with Crippen molar-refractivity contribution in [3.8, 4) is 0 Å². The van der Waals surface area contributed by atoms with Crippen molar-refractivity contribution in [3.05, 3.63) is 28.2 Å². The Balaban J connectivity index is 1.92. The zero-order chi connectivity index (χ0) is 14.1. The van der Waals surface area contributed by atoms with Gasteiger partial charge in [-0.25, -0.2) is 4.68 Å². The lowest BCUT2D eigenvalue weighted by Crippen LogP contribution is -2.13. The molecule has 1 aromatic heterocycles. The lowest BCUT2D eigenvalue weighted by molar-refractivity contribution is 0.565. The standard InChI is InChI=1S/C13H16BrN5S/c1-8(15-2)11-6-3-9(14)7-12(11)20-13-16-17-18-19(13)10-4-5-10/h3,6-8,10,15H,4-5H2,1-2H3. The van der Waals surface area contributed by atoms with E-state index in [4.69, 9.17) is 0 Å². The van der Waals surface area contributed by atoms with Crippen molar-refractivity contribution in [2.24, 2.45) is 0 Å². The van der Waals surface area contributed by atoms with Crippen molar-refractivity contribution in [1.29, 1.82) is 0 Å². The van der Waals surface area contributed by atoms with Crippen LogP contribution in [0.3, 0.4) is 0 Å². The van der Waals surface area contributed by atoms with Gasteiger partial charge in [0.25, 0.3) is 0 Å². The van der Waals surface area contributed by atoms with Crippen LogP contribution in [0.1, 0.15) is 37.4 Å². The van der Waals surface area contributed by atoms with E-state index >= 15 is 0 Å². The molecule has 1 aromatic carbocycles. The van der Waals surface area contributed by atoms with Gasteiger partial charge in [-0.3, -0.25) is 0 Å². The van der Waals surface area contributed by atoms with Crippen molar-refractivity contribution < 1.29 is 0 Å². The first-order chi connectivity index (χ1) is 9.69. The van der Waals surface area contributed by atoms with Crippen molar-refractivity contribution in [1.82, 2.24) is 25.5 Å². The van der Waals surface area contributed by atoms with Crippen molar-refractivity contribution in [3.63, 3.8) is 0 Å². The van der Waals surface area contributed by atoms with Crippen LogP contribution in [-0.2, 0) is 0 Å². The molecule has 0 aliphatic heterocycles. The molecule has 0 spiro atoms. The van der Waals surface area contributed by atoms with Gasteiger partial charge in [-0.05, 0) is 66.7 Å². The molecule has 3 rings (SSSR count). The maximum atomic E-state index is 4.16. The summed E-state index contributed by atoms with van der Waals surface area (Å²) in [5.74, 6) is 0. The van der Waals surface area contributed by atoms with E-state index in [2.05, 4.69) is 61.9 Å². The fourth-order valence-corrected chi connectivity index (χ4v) is 3.62. The molecule has 1 unspecified atom stereocenters. The molecule has 2 aromatic rings. The molecule has 1 heterocycles. The van der Waals surface area contributed by atoms with E-state index in [1.807, 2.05) is 11.7 Å². The molecule has 1 aliphatic carbocycles. The van der Waals surface area contributed by atoms with Crippen molar-refractivity contribution >= 4 is 27.7 Å². The molecule has 1 saturated carbocycles. The van der Waals surface area contributed by atoms with Crippen LogP contribution in [0.2, 0.25) is 0 Å². The van der Waals surface area contributed by atoms with E-state index in [1.54, 1.807) is 11.8 Å². The second-order valence-electron chi connectivity index (χ2n) is 4.93. The number of halogens is 1. The molecular formula is C13H16BrN5S. The van der Waals surface area contributed by atoms with Gasteiger partial charge < -0.3 is 5.32 Å². The van der Waals surface area contributed by atoms with Crippen LogP contribution in [0.25, 0.3) is 0 Å². The van der Waals surface area contributed by atoms with Crippen LogP contribution >= 0.6 is 27.7 Å². The van der Waals surface area contributed by atoms with Crippen LogP contribution in [0.4, 0.5) is 0 Å². The topological polar surface area (TPSA) is 55.6 Å². The van der Waals surface area contributed by atoms with E-state index in [9.17, 15) is 0 Å². The number of benzene rings is 1. The molecule has 0 amide bonds. The molecule has 20 heavy (non-hydrogen) atoms. The van der Waals surface area contributed by atoms with Crippen LogP contribution in [-0.4, -0.2) is 27.3 Å². The number of rotatable bonds is 5. The maximum absolute atomic E-state index is 4.16. The Morgan fingerprint density at radius 1 is 1.45 bits per heavy atom. The molecule has 0 saturated heterocycles. The second kappa shape index (κ2) is 5.83. The average Bonchev–Trinajstić information content (AvgIpc) is 3.19. The Labute approximate surface area is 130 Å². The summed E-state index contributed by atoms with van der Waals surface area (Å²) in [7, 11) is 1.97. The summed E-state index contributed by atoms with van der Waals surface area (Å²) in [6, 6.07) is 7.11. The highest BCUT2D eigenvalue weighted by Gasteiger charge is 2.28. The Morgan fingerprint density at radius 2 is 2.25 bits per heavy atom. The third-order valence-corrected chi connectivity index (χ3v) is 4.95. The van der Waals surface area contributed by atoms with Crippen molar-refractivity contribution in [2.75, 3.05) is 7.05 Å². The SMILES string of the molecule is CNC(C)c1ccc(Br)cc1Sc1nnnn1C1CC1. The highest BCUT2D eigenvalue weighted by Crippen LogP contribution is 2.39. The summed E-state index contributed by atoms with van der Waals surface area (Å²) in [5, 5.41) is 16.2. The third kappa shape index (κ3) is 2.89. The minimum absolute atomic E-state index is 0.288. The summed E-state index contributed by atoms with van der Waals surface area (Å²) >= 11 is 5.17. The summed E-state index contributed by atoms with van der Waals surface area (Å²) in [4.78, 5) is 1.18. The molecule has 1 aliphatic rings. The number of nitrogens with zero attached hydrogens (tertiary/aromatic N) is 4. The molecule has 1 N–H and O–H groups in total. The van der Waals surface area contributed by atoms with Crippen LogP contribution in [0.15, 0.2) is 32.7 Å². The second-order valence-corrected chi connectivity index (χ2v) is 6.86.